The quantitative estimate of drug-likeness (QED) is 0.300. The largest absolute Gasteiger partial charge is 0.378 e. The molecule has 0 bridgehead atoms. The lowest BCUT2D eigenvalue weighted by Gasteiger charge is -2.37. The molecule has 168 valence electrons. The molecule has 9 heteroatoms. The van der Waals surface area contributed by atoms with Crippen LogP contribution in [-0.4, -0.2) is 13.3 Å². The summed E-state index contributed by atoms with van der Waals surface area (Å²) >= 11 is 0. The molecule has 0 radical (unpaired) electrons. The van der Waals surface area contributed by atoms with Crippen molar-refractivity contribution in [3.63, 3.8) is 0 Å². The van der Waals surface area contributed by atoms with E-state index in [4.69, 9.17) is 0 Å². The predicted octanol–water partition coefficient (Wildman–Crippen LogP) is 5.36. The van der Waals surface area contributed by atoms with E-state index < -0.39 is 20.8 Å². The lowest BCUT2D eigenvalue weighted by atomic mass is 9.77. The third-order valence-electron chi connectivity index (χ3n) is 6.20. The van der Waals surface area contributed by atoms with Gasteiger partial charge < -0.3 is 5.32 Å². The molecule has 33 heavy (non-hydrogen) atoms. The van der Waals surface area contributed by atoms with Crippen molar-refractivity contribution < 1.29 is 17.7 Å². The van der Waals surface area contributed by atoms with Crippen molar-refractivity contribution in [3.05, 3.63) is 106 Å². The van der Waals surface area contributed by atoms with Crippen molar-refractivity contribution >= 4 is 27.1 Å². The molecule has 0 spiro atoms. The predicted molar refractivity (Wildman–Crippen MR) is 123 cm³/mol. The number of nitrogens with one attached hydrogen (secondary N) is 2. The highest BCUT2D eigenvalue weighted by Gasteiger charge is 2.38. The van der Waals surface area contributed by atoms with E-state index in [1.807, 2.05) is 6.07 Å². The van der Waals surface area contributed by atoms with Gasteiger partial charge in [-0.3, -0.25) is 14.8 Å². The second-order valence-electron chi connectivity index (χ2n) is 8.16. The first-order valence-electron chi connectivity index (χ1n) is 10.4. The highest BCUT2D eigenvalue weighted by molar-refractivity contribution is 7.92. The van der Waals surface area contributed by atoms with Crippen LogP contribution in [0.4, 0.5) is 21.5 Å². The van der Waals surface area contributed by atoms with Crippen molar-refractivity contribution in [1.29, 1.82) is 0 Å². The second-order valence-corrected chi connectivity index (χ2v) is 9.84. The van der Waals surface area contributed by atoms with E-state index in [1.165, 1.54) is 30.3 Å². The summed E-state index contributed by atoms with van der Waals surface area (Å²) in [7, 11) is -4.00. The zero-order valence-corrected chi connectivity index (χ0v) is 18.1. The fourth-order valence-corrected chi connectivity index (χ4v) is 5.75. The van der Waals surface area contributed by atoms with Crippen LogP contribution in [0.5, 0.6) is 0 Å². The smallest absolute Gasteiger partial charge is 0.269 e. The Morgan fingerprint density at radius 1 is 1.06 bits per heavy atom. The number of fused-ring (bicyclic) bond motifs is 3. The van der Waals surface area contributed by atoms with E-state index in [9.17, 15) is 22.9 Å². The summed E-state index contributed by atoms with van der Waals surface area (Å²) < 4.78 is 42.2. The van der Waals surface area contributed by atoms with Gasteiger partial charge in [0.15, 0.2) is 0 Å². The number of sulfonamides is 1. The number of halogens is 1. The molecule has 7 nitrogen and oxygen atoms in total. The Balaban J connectivity index is 1.50. The highest BCUT2D eigenvalue weighted by atomic mass is 32.2. The Morgan fingerprint density at radius 2 is 1.88 bits per heavy atom. The number of benzene rings is 3. The summed E-state index contributed by atoms with van der Waals surface area (Å²) in [4.78, 5) is 10.9. The third kappa shape index (κ3) is 3.84. The number of nitrogens with zero attached hydrogens (tertiary/aromatic N) is 1. The maximum Gasteiger partial charge on any atom is 0.269 e. The maximum atomic E-state index is 14.0. The van der Waals surface area contributed by atoms with E-state index >= 15 is 0 Å². The van der Waals surface area contributed by atoms with E-state index in [1.54, 1.807) is 30.3 Å². The van der Waals surface area contributed by atoms with Crippen LogP contribution in [0.3, 0.4) is 0 Å². The van der Waals surface area contributed by atoms with Crippen molar-refractivity contribution in [3.8, 4) is 0 Å². The van der Waals surface area contributed by atoms with E-state index in [2.05, 4.69) is 22.2 Å². The molecular weight excluding hydrogens is 445 g/mol. The number of nitro groups is 1. The van der Waals surface area contributed by atoms with Crippen LogP contribution in [0.2, 0.25) is 0 Å². The molecule has 3 aromatic rings. The molecule has 2 aliphatic rings. The van der Waals surface area contributed by atoms with Crippen molar-refractivity contribution in [2.45, 2.75) is 23.3 Å². The first-order chi connectivity index (χ1) is 15.8. The molecule has 2 N–H and O–H groups in total. The number of para-hydroxylation sites is 1. The summed E-state index contributed by atoms with van der Waals surface area (Å²) in [5.74, 6) is -0.620. The van der Waals surface area contributed by atoms with Crippen LogP contribution in [-0.2, 0) is 10.0 Å². The molecule has 0 saturated carbocycles. The first-order valence-corrected chi connectivity index (χ1v) is 11.9. The SMILES string of the molecule is O=[N+]([O-])c1cccc([C@H]2Nc3ccc(S(=O)(=O)Nc4ccccc4F)cc3[C@@H]3C=CC[C@H]23)c1. The normalized spacial score (nSPS) is 21.1. The van der Waals surface area contributed by atoms with Gasteiger partial charge in [0.1, 0.15) is 5.82 Å². The minimum atomic E-state index is -4.00. The lowest BCUT2D eigenvalue weighted by Crippen LogP contribution is -2.29. The van der Waals surface area contributed by atoms with Crippen LogP contribution in [0.25, 0.3) is 0 Å². The fourth-order valence-electron chi connectivity index (χ4n) is 4.65. The van der Waals surface area contributed by atoms with Crippen LogP contribution < -0.4 is 10.0 Å². The molecule has 5 rings (SSSR count). The topological polar surface area (TPSA) is 101 Å². The van der Waals surface area contributed by atoms with E-state index in [-0.39, 0.29) is 34.1 Å². The zero-order valence-electron chi connectivity index (χ0n) is 17.3. The maximum absolute atomic E-state index is 14.0. The number of nitro benzene ring substituents is 1. The van der Waals surface area contributed by atoms with Gasteiger partial charge in [0.05, 0.1) is 21.5 Å². The average molecular weight is 466 g/mol. The standard InChI is InChI=1S/C24H20FN3O4S/c25-21-9-1-2-10-23(21)27-33(31,32)17-11-12-22-20(14-17)18-7-4-8-19(18)24(26-22)15-5-3-6-16(13-15)28(29)30/h1-7,9-14,18-19,24,26-27H,8H2/t18-,19+,24-/m1/s1. The molecule has 1 aliphatic heterocycles. The van der Waals surface area contributed by atoms with Crippen molar-refractivity contribution in [1.82, 2.24) is 0 Å². The van der Waals surface area contributed by atoms with Gasteiger partial charge in [-0.2, -0.15) is 0 Å². The van der Waals surface area contributed by atoms with Gasteiger partial charge >= 0.3 is 0 Å². The Bertz CT molecular complexity index is 1390. The monoisotopic (exact) mass is 465 g/mol. The van der Waals surface area contributed by atoms with Gasteiger partial charge in [-0.25, -0.2) is 12.8 Å². The lowest BCUT2D eigenvalue weighted by molar-refractivity contribution is -0.384. The number of anilines is 2. The molecule has 0 unspecified atom stereocenters. The van der Waals surface area contributed by atoms with Gasteiger partial charge in [0, 0.05) is 23.7 Å². The second kappa shape index (κ2) is 8.00. The Morgan fingerprint density at radius 3 is 2.67 bits per heavy atom. The van der Waals surface area contributed by atoms with Crippen molar-refractivity contribution in [2.75, 3.05) is 10.0 Å². The summed E-state index contributed by atoms with van der Waals surface area (Å²) in [5.41, 5.74) is 2.32. The van der Waals surface area contributed by atoms with Gasteiger partial charge in [-0.1, -0.05) is 36.4 Å². The molecular formula is C24H20FN3O4S. The molecule has 1 aliphatic carbocycles. The number of hydrogen-bond donors (Lipinski definition) is 2. The number of non-ortho nitro benzene ring substituents is 1. The third-order valence-corrected chi connectivity index (χ3v) is 7.57. The van der Waals surface area contributed by atoms with E-state index in [0.29, 0.717) is 0 Å². The van der Waals surface area contributed by atoms with Crippen LogP contribution in [0.1, 0.15) is 29.5 Å². The molecule has 1 heterocycles. The fraction of sp³-hybridized carbons (Fsp3) is 0.167. The van der Waals surface area contributed by atoms with Crippen LogP contribution in [0.15, 0.2) is 83.8 Å². The zero-order chi connectivity index (χ0) is 23.2. The molecule has 0 amide bonds. The van der Waals surface area contributed by atoms with Gasteiger partial charge in [-0.05, 0) is 53.8 Å². The van der Waals surface area contributed by atoms with Gasteiger partial charge in [-0.15, -0.1) is 0 Å². The average Bonchev–Trinajstić information content (AvgIpc) is 3.30. The summed E-state index contributed by atoms with van der Waals surface area (Å²) in [6, 6.07) is 16.8. The number of allylic oxidation sites excluding steroid dienone is 2. The summed E-state index contributed by atoms with van der Waals surface area (Å²) in [6.45, 7) is 0. The summed E-state index contributed by atoms with van der Waals surface area (Å²) in [5, 5.41) is 14.7. The number of hydrogen-bond acceptors (Lipinski definition) is 5. The Hall–Kier alpha value is -3.72. The highest BCUT2D eigenvalue weighted by Crippen LogP contribution is 2.50. The van der Waals surface area contributed by atoms with Crippen LogP contribution in [0, 0.1) is 21.8 Å². The minimum absolute atomic E-state index is 0.0308. The number of rotatable bonds is 5. The Labute approximate surface area is 190 Å². The first kappa shape index (κ1) is 21.1. The van der Waals surface area contributed by atoms with E-state index in [0.717, 1.165) is 23.2 Å². The van der Waals surface area contributed by atoms with Crippen LogP contribution >= 0.6 is 0 Å². The molecule has 0 aromatic heterocycles. The van der Waals surface area contributed by atoms with Gasteiger partial charge in [0.25, 0.3) is 15.7 Å². The Kier molecular flexibility index (Phi) is 5.13. The van der Waals surface area contributed by atoms with Crippen molar-refractivity contribution in [2.24, 2.45) is 5.92 Å². The van der Waals surface area contributed by atoms with Gasteiger partial charge in [0.2, 0.25) is 0 Å². The molecule has 0 fully saturated rings. The molecule has 3 atom stereocenters. The molecule has 0 saturated heterocycles. The minimum Gasteiger partial charge on any atom is -0.378 e. The summed E-state index contributed by atoms with van der Waals surface area (Å²) in [6.07, 6.45) is 4.86. The molecule has 3 aromatic carbocycles.